The third-order valence-corrected chi connectivity index (χ3v) is 4.82. The molecule has 1 aromatic carbocycles. The molecular formula is C18H25N3O2. The maximum Gasteiger partial charge on any atom is 0.312 e. The number of hydrogen-bond donors (Lipinski definition) is 0. The normalized spacial score (nSPS) is 22.1. The molecule has 0 radical (unpaired) electrons. The van der Waals surface area contributed by atoms with E-state index in [0.717, 1.165) is 32.5 Å². The standard InChI is InChI=1S/C18H25N3O2/c1-15-6-5-9-21(14-15)18(23)17(22)20-12-10-19(11-13-20)16-7-3-2-4-8-16/h2-4,7-8,15H,5-6,9-14H2,1H3. The van der Waals surface area contributed by atoms with Crippen LogP contribution in [-0.4, -0.2) is 60.9 Å². The molecule has 0 bridgehead atoms. The van der Waals surface area contributed by atoms with E-state index in [1.54, 1.807) is 9.80 Å². The zero-order valence-corrected chi connectivity index (χ0v) is 13.8. The van der Waals surface area contributed by atoms with Gasteiger partial charge in [0.25, 0.3) is 0 Å². The fourth-order valence-electron chi connectivity index (χ4n) is 3.45. The van der Waals surface area contributed by atoms with Gasteiger partial charge in [-0.15, -0.1) is 0 Å². The number of nitrogens with zero attached hydrogens (tertiary/aromatic N) is 3. The first kappa shape index (κ1) is 15.8. The third-order valence-electron chi connectivity index (χ3n) is 4.82. The Morgan fingerprint density at radius 3 is 2.22 bits per heavy atom. The highest BCUT2D eigenvalue weighted by Gasteiger charge is 2.31. The molecule has 2 amide bonds. The Balaban J connectivity index is 1.54. The van der Waals surface area contributed by atoms with Gasteiger partial charge in [-0.05, 0) is 30.9 Å². The lowest BCUT2D eigenvalue weighted by molar-refractivity contribution is -0.153. The molecule has 23 heavy (non-hydrogen) atoms. The van der Waals surface area contributed by atoms with E-state index in [4.69, 9.17) is 0 Å². The van der Waals surface area contributed by atoms with Gasteiger partial charge in [0.1, 0.15) is 0 Å². The Kier molecular flexibility index (Phi) is 4.84. The molecular weight excluding hydrogens is 290 g/mol. The molecule has 2 saturated heterocycles. The molecule has 0 aliphatic carbocycles. The van der Waals surface area contributed by atoms with E-state index in [1.165, 1.54) is 5.69 Å². The molecule has 2 aliphatic heterocycles. The summed E-state index contributed by atoms with van der Waals surface area (Å²) in [6.07, 6.45) is 2.15. The molecule has 0 aromatic heterocycles. The van der Waals surface area contributed by atoms with Crippen molar-refractivity contribution in [2.45, 2.75) is 19.8 Å². The molecule has 0 spiro atoms. The molecule has 5 heteroatoms. The second kappa shape index (κ2) is 7.02. The lowest BCUT2D eigenvalue weighted by Crippen LogP contribution is -2.54. The first-order valence-corrected chi connectivity index (χ1v) is 8.53. The predicted octanol–water partition coefficient (Wildman–Crippen LogP) is 1.59. The van der Waals surface area contributed by atoms with Crippen molar-refractivity contribution < 1.29 is 9.59 Å². The SMILES string of the molecule is CC1CCCN(C(=O)C(=O)N2CCN(c3ccccc3)CC2)C1. The van der Waals surface area contributed by atoms with Crippen molar-refractivity contribution in [3.63, 3.8) is 0 Å². The van der Waals surface area contributed by atoms with Crippen LogP contribution in [0.4, 0.5) is 5.69 Å². The zero-order chi connectivity index (χ0) is 16.2. The smallest absolute Gasteiger partial charge is 0.312 e. The summed E-state index contributed by atoms with van der Waals surface area (Å²) in [5.74, 6) is -0.146. The topological polar surface area (TPSA) is 43.9 Å². The van der Waals surface area contributed by atoms with Crippen molar-refractivity contribution in [2.24, 2.45) is 5.92 Å². The van der Waals surface area contributed by atoms with Crippen LogP contribution in [0.15, 0.2) is 30.3 Å². The largest absolute Gasteiger partial charge is 0.368 e. The molecule has 1 aromatic rings. The van der Waals surface area contributed by atoms with Crippen molar-refractivity contribution in [2.75, 3.05) is 44.2 Å². The van der Waals surface area contributed by atoms with Gasteiger partial charge in [0.15, 0.2) is 0 Å². The molecule has 124 valence electrons. The molecule has 2 heterocycles. The van der Waals surface area contributed by atoms with E-state index in [9.17, 15) is 9.59 Å². The summed E-state index contributed by atoms with van der Waals surface area (Å²) in [7, 11) is 0. The van der Waals surface area contributed by atoms with Crippen LogP contribution in [0.3, 0.4) is 0 Å². The highest BCUT2D eigenvalue weighted by molar-refractivity contribution is 6.34. The number of rotatable bonds is 1. The molecule has 1 atom stereocenters. The Hall–Kier alpha value is -2.04. The van der Waals surface area contributed by atoms with E-state index in [2.05, 4.69) is 24.0 Å². The van der Waals surface area contributed by atoms with Crippen molar-refractivity contribution in [1.82, 2.24) is 9.80 Å². The minimum Gasteiger partial charge on any atom is -0.368 e. The number of likely N-dealkylation sites (tertiary alicyclic amines) is 1. The molecule has 0 N–H and O–H groups in total. The summed E-state index contributed by atoms with van der Waals surface area (Å²) in [4.78, 5) is 30.6. The number of anilines is 1. The average Bonchev–Trinajstić information content (AvgIpc) is 2.61. The first-order chi connectivity index (χ1) is 11.1. The number of carbonyl (C=O) groups is 2. The molecule has 0 saturated carbocycles. The summed E-state index contributed by atoms with van der Waals surface area (Å²) in [6.45, 7) is 6.36. The molecule has 1 unspecified atom stereocenters. The van der Waals surface area contributed by atoms with Crippen LogP contribution in [0.25, 0.3) is 0 Å². The fourth-order valence-corrected chi connectivity index (χ4v) is 3.45. The van der Waals surface area contributed by atoms with Gasteiger partial charge in [-0.1, -0.05) is 25.1 Å². The average molecular weight is 315 g/mol. The summed E-state index contributed by atoms with van der Waals surface area (Å²) in [5.41, 5.74) is 1.18. The molecule has 2 fully saturated rings. The Labute approximate surface area is 137 Å². The van der Waals surface area contributed by atoms with Crippen LogP contribution >= 0.6 is 0 Å². The second-order valence-corrected chi connectivity index (χ2v) is 6.61. The maximum absolute atomic E-state index is 12.5. The maximum atomic E-state index is 12.5. The van der Waals surface area contributed by atoms with Gasteiger partial charge in [0.05, 0.1) is 0 Å². The van der Waals surface area contributed by atoms with Gasteiger partial charge < -0.3 is 14.7 Å². The quantitative estimate of drug-likeness (QED) is 0.739. The van der Waals surface area contributed by atoms with Crippen molar-refractivity contribution in [1.29, 1.82) is 0 Å². The van der Waals surface area contributed by atoms with E-state index < -0.39 is 0 Å². The number of amides is 2. The summed E-state index contributed by atoms with van der Waals surface area (Å²) < 4.78 is 0. The lowest BCUT2D eigenvalue weighted by atomic mass is 10.0. The predicted molar refractivity (Wildman–Crippen MR) is 90.2 cm³/mol. The van der Waals surface area contributed by atoms with Crippen LogP contribution in [-0.2, 0) is 9.59 Å². The van der Waals surface area contributed by atoms with Crippen molar-refractivity contribution >= 4 is 17.5 Å². The highest BCUT2D eigenvalue weighted by atomic mass is 16.2. The minimum absolute atomic E-state index is 0.315. The van der Waals surface area contributed by atoms with Gasteiger partial charge in [-0.2, -0.15) is 0 Å². The number of piperazine rings is 1. The van der Waals surface area contributed by atoms with E-state index in [1.807, 2.05) is 18.2 Å². The van der Waals surface area contributed by atoms with Crippen LogP contribution in [0.5, 0.6) is 0 Å². The van der Waals surface area contributed by atoms with E-state index >= 15 is 0 Å². The van der Waals surface area contributed by atoms with Crippen LogP contribution in [0.1, 0.15) is 19.8 Å². The zero-order valence-electron chi connectivity index (χ0n) is 13.8. The Morgan fingerprint density at radius 1 is 0.913 bits per heavy atom. The van der Waals surface area contributed by atoms with Gasteiger partial charge in [0, 0.05) is 45.0 Å². The molecule has 2 aliphatic rings. The van der Waals surface area contributed by atoms with Gasteiger partial charge >= 0.3 is 11.8 Å². The van der Waals surface area contributed by atoms with Crippen molar-refractivity contribution in [3.8, 4) is 0 Å². The van der Waals surface area contributed by atoms with E-state index in [-0.39, 0.29) is 11.8 Å². The third kappa shape index (κ3) is 3.66. The minimum atomic E-state index is -0.327. The van der Waals surface area contributed by atoms with Crippen LogP contribution in [0.2, 0.25) is 0 Å². The number of para-hydroxylation sites is 1. The highest BCUT2D eigenvalue weighted by Crippen LogP contribution is 2.18. The number of carbonyl (C=O) groups excluding carboxylic acids is 2. The summed E-state index contributed by atoms with van der Waals surface area (Å²) in [6, 6.07) is 10.2. The van der Waals surface area contributed by atoms with E-state index in [0.29, 0.717) is 25.6 Å². The Morgan fingerprint density at radius 2 is 1.57 bits per heavy atom. The summed E-state index contributed by atoms with van der Waals surface area (Å²) >= 11 is 0. The number of benzene rings is 1. The van der Waals surface area contributed by atoms with Gasteiger partial charge in [-0.3, -0.25) is 9.59 Å². The second-order valence-electron chi connectivity index (χ2n) is 6.61. The monoisotopic (exact) mass is 315 g/mol. The Bertz CT molecular complexity index is 553. The van der Waals surface area contributed by atoms with Crippen LogP contribution in [0, 0.1) is 5.92 Å². The number of piperidine rings is 1. The molecule has 3 rings (SSSR count). The van der Waals surface area contributed by atoms with Gasteiger partial charge in [0.2, 0.25) is 0 Å². The van der Waals surface area contributed by atoms with Crippen molar-refractivity contribution in [3.05, 3.63) is 30.3 Å². The molecule has 5 nitrogen and oxygen atoms in total. The lowest BCUT2D eigenvalue weighted by Gasteiger charge is -2.37. The van der Waals surface area contributed by atoms with Crippen LogP contribution < -0.4 is 4.90 Å². The first-order valence-electron chi connectivity index (χ1n) is 8.53. The van der Waals surface area contributed by atoms with Gasteiger partial charge in [-0.25, -0.2) is 0 Å². The summed E-state index contributed by atoms with van der Waals surface area (Å²) in [5, 5.41) is 0. The fraction of sp³-hybridized carbons (Fsp3) is 0.556. The number of hydrogen-bond acceptors (Lipinski definition) is 3.